The van der Waals surface area contributed by atoms with Crippen molar-refractivity contribution in [3.8, 4) is 0 Å². The van der Waals surface area contributed by atoms with Crippen molar-refractivity contribution in [2.24, 2.45) is 11.7 Å². The fourth-order valence-electron chi connectivity index (χ4n) is 2.09. The lowest BCUT2D eigenvalue weighted by Crippen LogP contribution is -2.41. The van der Waals surface area contributed by atoms with Crippen LogP contribution in [0.5, 0.6) is 0 Å². The van der Waals surface area contributed by atoms with Crippen LogP contribution < -0.4 is 15.2 Å². The van der Waals surface area contributed by atoms with Crippen LogP contribution in [0.3, 0.4) is 0 Å². The summed E-state index contributed by atoms with van der Waals surface area (Å²) in [6, 6.07) is 2.66. The molecule has 1 unspecified atom stereocenters. The van der Waals surface area contributed by atoms with Gasteiger partial charge in [-0.15, -0.1) is 12.4 Å². The summed E-state index contributed by atoms with van der Waals surface area (Å²) in [6.45, 7) is 1.58. The molecular formula is C13H21ClFN3O4S2. The van der Waals surface area contributed by atoms with E-state index in [4.69, 9.17) is 5.73 Å². The molecule has 1 aliphatic rings. The normalized spacial score (nSPS) is 16.3. The molecule has 1 saturated carbocycles. The third kappa shape index (κ3) is 5.28. The Labute approximate surface area is 147 Å². The van der Waals surface area contributed by atoms with Gasteiger partial charge in [0, 0.05) is 12.6 Å². The minimum absolute atomic E-state index is 0. The van der Waals surface area contributed by atoms with Gasteiger partial charge in [-0.25, -0.2) is 25.9 Å². The van der Waals surface area contributed by atoms with Crippen LogP contribution in [0.1, 0.15) is 19.8 Å². The predicted octanol–water partition coefficient (Wildman–Crippen LogP) is 1.02. The average molecular weight is 402 g/mol. The van der Waals surface area contributed by atoms with Gasteiger partial charge < -0.3 is 5.73 Å². The van der Waals surface area contributed by atoms with Gasteiger partial charge in [0.2, 0.25) is 20.0 Å². The zero-order valence-electron chi connectivity index (χ0n) is 13.0. The largest absolute Gasteiger partial charge is 0.329 e. The second kappa shape index (κ2) is 7.96. The molecule has 1 aliphatic carbocycles. The van der Waals surface area contributed by atoms with E-state index in [1.54, 1.807) is 0 Å². The maximum Gasteiger partial charge on any atom is 0.240 e. The van der Waals surface area contributed by atoms with E-state index in [0.717, 1.165) is 31.0 Å². The Morgan fingerprint density at radius 1 is 1.29 bits per heavy atom. The highest BCUT2D eigenvalue weighted by molar-refractivity contribution is 7.92. The molecule has 0 bridgehead atoms. The zero-order chi connectivity index (χ0) is 17.3. The summed E-state index contributed by atoms with van der Waals surface area (Å²) in [5.41, 5.74) is 5.27. The Balaban J connectivity index is 0.00000288. The van der Waals surface area contributed by atoms with Crippen LogP contribution in [0.25, 0.3) is 0 Å². The van der Waals surface area contributed by atoms with Crippen molar-refractivity contribution in [1.29, 1.82) is 0 Å². The van der Waals surface area contributed by atoms with E-state index in [9.17, 15) is 21.2 Å². The average Bonchev–Trinajstić information content (AvgIpc) is 3.31. The summed E-state index contributed by atoms with van der Waals surface area (Å²) in [5, 5.41) is 0. The van der Waals surface area contributed by atoms with E-state index in [-0.39, 0.29) is 47.2 Å². The van der Waals surface area contributed by atoms with Crippen LogP contribution in [-0.4, -0.2) is 35.2 Å². The summed E-state index contributed by atoms with van der Waals surface area (Å²) in [4.78, 5) is -0.270. The summed E-state index contributed by atoms with van der Waals surface area (Å²) < 4.78 is 65.9. The lowest BCUT2D eigenvalue weighted by molar-refractivity contribution is 0.518. The minimum atomic E-state index is -3.91. The standard InChI is InChI=1S/C13H20FN3O4S2.ClH/c1-2-22(18,19)16-12-6-5-10(7-11(12)14)23(20,21)17-13(8-15)9-3-4-9;/h5-7,9,13,16-17H,2-4,8,15H2,1H3;1H. The smallest absolute Gasteiger partial charge is 0.240 e. The first kappa shape index (κ1) is 21.1. The summed E-state index contributed by atoms with van der Waals surface area (Å²) in [5.74, 6) is -0.955. The Morgan fingerprint density at radius 3 is 2.38 bits per heavy atom. The van der Waals surface area contributed by atoms with Gasteiger partial charge in [0.1, 0.15) is 5.82 Å². The third-order valence-corrected chi connectivity index (χ3v) is 6.43. The Hall–Kier alpha value is -0.940. The number of rotatable bonds is 8. The summed E-state index contributed by atoms with van der Waals surface area (Å²) in [6.07, 6.45) is 1.83. The molecule has 0 saturated heterocycles. The lowest BCUT2D eigenvalue weighted by atomic mass is 10.2. The number of anilines is 1. The maximum absolute atomic E-state index is 14.0. The number of halogens is 2. The highest BCUT2D eigenvalue weighted by Gasteiger charge is 2.33. The van der Waals surface area contributed by atoms with Gasteiger partial charge in [0.05, 0.1) is 16.3 Å². The molecule has 11 heteroatoms. The van der Waals surface area contributed by atoms with E-state index >= 15 is 0 Å². The lowest BCUT2D eigenvalue weighted by Gasteiger charge is -2.16. The molecule has 0 spiro atoms. The van der Waals surface area contributed by atoms with Gasteiger partial charge in [-0.05, 0) is 43.9 Å². The van der Waals surface area contributed by atoms with Gasteiger partial charge >= 0.3 is 0 Å². The van der Waals surface area contributed by atoms with Crippen molar-refractivity contribution in [3.63, 3.8) is 0 Å². The molecule has 2 rings (SSSR count). The summed E-state index contributed by atoms with van der Waals surface area (Å²) in [7, 11) is -7.55. The fraction of sp³-hybridized carbons (Fsp3) is 0.538. The van der Waals surface area contributed by atoms with Crippen LogP contribution in [0.15, 0.2) is 23.1 Å². The van der Waals surface area contributed by atoms with Crippen LogP contribution in [0.2, 0.25) is 0 Å². The summed E-state index contributed by atoms with van der Waals surface area (Å²) >= 11 is 0. The predicted molar refractivity (Wildman–Crippen MR) is 92.6 cm³/mol. The second-order valence-corrected chi connectivity index (χ2v) is 9.17. The molecule has 1 atom stereocenters. The molecular weight excluding hydrogens is 381 g/mol. The van der Waals surface area contributed by atoms with E-state index in [2.05, 4.69) is 9.44 Å². The number of nitrogens with two attached hydrogens (primary N) is 1. The first-order valence-corrected chi connectivity index (χ1v) is 10.3. The molecule has 1 aromatic carbocycles. The van der Waals surface area contributed by atoms with E-state index < -0.39 is 25.9 Å². The number of hydrogen-bond acceptors (Lipinski definition) is 5. The first-order chi connectivity index (χ1) is 10.7. The van der Waals surface area contributed by atoms with Crippen LogP contribution in [0, 0.1) is 11.7 Å². The monoisotopic (exact) mass is 401 g/mol. The van der Waals surface area contributed by atoms with Crippen molar-refractivity contribution in [1.82, 2.24) is 4.72 Å². The highest BCUT2D eigenvalue weighted by atomic mass is 35.5. The van der Waals surface area contributed by atoms with Gasteiger partial charge in [-0.2, -0.15) is 0 Å². The van der Waals surface area contributed by atoms with Crippen LogP contribution >= 0.6 is 12.4 Å². The molecule has 4 N–H and O–H groups in total. The molecule has 0 heterocycles. The number of hydrogen-bond donors (Lipinski definition) is 3. The minimum Gasteiger partial charge on any atom is -0.329 e. The molecule has 0 amide bonds. The number of benzene rings is 1. The van der Waals surface area contributed by atoms with E-state index in [1.807, 2.05) is 0 Å². The van der Waals surface area contributed by atoms with Crippen LogP contribution in [0.4, 0.5) is 10.1 Å². The van der Waals surface area contributed by atoms with E-state index in [0.29, 0.717) is 0 Å². The number of sulfonamides is 2. The SMILES string of the molecule is CCS(=O)(=O)Nc1ccc(S(=O)(=O)NC(CN)C2CC2)cc1F.Cl. The Kier molecular flexibility index (Phi) is 7.00. The van der Waals surface area contributed by atoms with Crippen molar-refractivity contribution in [2.45, 2.75) is 30.7 Å². The van der Waals surface area contributed by atoms with Gasteiger partial charge in [-0.3, -0.25) is 4.72 Å². The highest BCUT2D eigenvalue weighted by Crippen LogP contribution is 2.33. The Bertz CT molecular complexity index is 782. The Morgan fingerprint density at radius 2 is 1.92 bits per heavy atom. The molecule has 7 nitrogen and oxygen atoms in total. The van der Waals surface area contributed by atoms with Crippen molar-refractivity contribution < 1.29 is 21.2 Å². The van der Waals surface area contributed by atoms with Gasteiger partial charge in [-0.1, -0.05) is 0 Å². The quantitative estimate of drug-likeness (QED) is 0.601. The van der Waals surface area contributed by atoms with E-state index in [1.165, 1.54) is 6.92 Å². The third-order valence-electron chi connectivity index (χ3n) is 3.65. The first-order valence-electron chi connectivity index (χ1n) is 7.21. The molecule has 138 valence electrons. The van der Waals surface area contributed by atoms with Crippen LogP contribution in [-0.2, 0) is 20.0 Å². The molecule has 1 fully saturated rings. The topological polar surface area (TPSA) is 118 Å². The number of nitrogens with one attached hydrogen (secondary N) is 2. The molecule has 0 aromatic heterocycles. The molecule has 24 heavy (non-hydrogen) atoms. The van der Waals surface area contributed by atoms with Crippen molar-refractivity contribution >= 4 is 38.1 Å². The second-order valence-electron chi connectivity index (χ2n) is 5.45. The van der Waals surface area contributed by atoms with Crippen molar-refractivity contribution in [3.05, 3.63) is 24.0 Å². The maximum atomic E-state index is 14.0. The fourth-order valence-corrected chi connectivity index (χ4v) is 4.06. The molecule has 0 radical (unpaired) electrons. The zero-order valence-corrected chi connectivity index (χ0v) is 15.5. The van der Waals surface area contributed by atoms with Gasteiger partial charge in [0.25, 0.3) is 0 Å². The van der Waals surface area contributed by atoms with Crippen molar-refractivity contribution in [2.75, 3.05) is 17.0 Å². The van der Waals surface area contributed by atoms with Gasteiger partial charge in [0.15, 0.2) is 0 Å². The molecule has 1 aromatic rings. The molecule has 0 aliphatic heterocycles.